The van der Waals surface area contributed by atoms with Crippen LogP contribution in [0.25, 0.3) is 0 Å². The molecule has 0 aliphatic carbocycles. The second-order valence-electron chi connectivity index (χ2n) is 3.81. The lowest BCUT2D eigenvalue weighted by atomic mass is 10.4. The van der Waals surface area contributed by atoms with Crippen molar-refractivity contribution in [3.8, 4) is 0 Å². The average molecular weight is 307 g/mol. The Morgan fingerprint density at radius 2 is 2.11 bits per heavy atom. The van der Waals surface area contributed by atoms with Gasteiger partial charge in [0.15, 0.2) is 9.84 Å². The van der Waals surface area contributed by atoms with Crippen molar-refractivity contribution in [1.29, 1.82) is 0 Å². The van der Waals surface area contributed by atoms with E-state index in [4.69, 9.17) is 5.11 Å². The molecule has 0 saturated carbocycles. The molecule has 1 unspecified atom stereocenters. The van der Waals surface area contributed by atoms with Gasteiger partial charge in [0.1, 0.15) is 0 Å². The Labute approximate surface area is 108 Å². The molecule has 2 N–H and O–H groups in total. The molecule has 10 heteroatoms. The van der Waals surface area contributed by atoms with Crippen molar-refractivity contribution in [2.24, 2.45) is 0 Å². The minimum Gasteiger partial charge on any atom is -0.475 e. The van der Waals surface area contributed by atoms with Gasteiger partial charge in [-0.1, -0.05) is 6.08 Å². The molecule has 1 aromatic heterocycles. The minimum absolute atomic E-state index is 0.376. The smallest absolute Gasteiger partial charge is 0.371 e. The standard InChI is InChI=1S/C9H9NO7S2/c11-9(12)7-1-2-8(17-7)19(15,16)10-6-3-4-18(13,14)5-6/h1-4,6,10H,5H2,(H,11,12). The molecule has 104 valence electrons. The first-order valence-electron chi connectivity index (χ1n) is 4.96. The topological polar surface area (TPSA) is 131 Å². The summed E-state index contributed by atoms with van der Waals surface area (Å²) in [6.45, 7) is 0. The van der Waals surface area contributed by atoms with Crippen molar-refractivity contribution in [3.63, 3.8) is 0 Å². The highest BCUT2D eigenvalue weighted by atomic mass is 32.2. The number of carboxylic acid groups (broad SMARTS) is 1. The van der Waals surface area contributed by atoms with Gasteiger partial charge in [-0.2, -0.15) is 0 Å². The molecule has 19 heavy (non-hydrogen) atoms. The number of carbonyl (C=O) groups is 1. The fourth-order valence-electron chi connectivity index (χ4n) is 1.49. The normalized spacial score (nSPS) is 21.6. The monoisotopic (exact) mass is 307 g/mol. The molecular weight excluding hydrogens is 298 g/mol. The molecule has 8 nitrogen and oxygen atoms in total. The average Bonchev–Trinajstić information content (AvgIpc) is 2.84. The van der Waals surface area contributed by atoms with Gasteiger partial charge in [-0.05, 0) is 12.1 Å². The summed E-state index contributed by atoms with van der Waals surface area (Å²) >= 11 is 0. The van der Waals surface area contributed by atoms with E-state index in [0.29, 0.717) is 0 Å². The van der Waals surface area contributed by atoms with Gasteiger partial charge in [0.05, 0.1) is 11.8 Å². The predicted octanol–water partition coefficient (Wildman–Crippen LogP) is -0.433. The van der Waals surface area contributed by atoms with Crippen LogP contribution in [0.1, 0.15) is 10.6 Å². The quantitative estimate of drug-likeness (QED) is 0.771. The van der Waals surface area contributed by atoms with Gasteiger partial charge in [0.2, 0.25) is 10.9 Å². The SMILES string of the molecule is O=C(O)c1ccc(S(=O)(=O)NC2C=CS(=O)(=O)C2)o1. The largest absolute Gasteiger partial charge is 0.475 e. The van der Waals surface area contributed by atoms with Crippen LogP contribution in [0.4, 0.5) is 0 Å². The van der Waals surface area contributed by atoms with Crippen LogP contribution in [-0.4, -0.2) is 39.7 Å². The zero-order valence-corrected chi connectivity index (χ0v) is 10.9. The second-order valence-corrected chi connectivity index (χ2v) is 7.39. The summed E-state index contributed by atoms with van der Waals surface area (Å²) in [5.41, 5.74) is 0. The van der Waals surface area contributed by atoms with E-state index < -0.39 is 42.7 Å². The van der Waals surface area contributed by atoms with Crippen LogP contribution in [0.5, 0.6) is 0 Å². The van der Waals surface area contributed by atoms with Crippen molar-refractivity contribution >= 4 is 25.8 Å². The maximum absolute atomic E-state index is 11.8. The summed E-state index contributed by atoms with van der Waals surface area (Å²) in [4.78, 5) is 10.6. The van der Waals surface area contributed by atoms with Crippen molar-refractivity contribution in [3.05, 3.63) is 29.4 Å². The molecule has 0 spiro atoms. The van der Waals surface area contributed by atoms with Crippen molar-refractivity contribution in [2.75, 3.05) is 5.75 Å². The number of hydrogen-bond acceptors (Lipinski definition) is 6. The molecule has 0 bridgehead atoms. The molecule has 1 aliphatic rings. The van der Waals surface area contributed by atoms with E-state index in [1.165, 1.54) is 6.08 Å². The number of sulfone groups is 1. The summed E-state index contributed by atoms with van der Waals surface area (Å²) in [5, 5.41) is 8.96. The van der Waals surface area contributed by atoms with Gasteiger partial charge in [-0.25, -0.2) is 26.4 Å². The molecule has 1 aromatic rings. The highest BCUT2D eigenvalue weighted by Gasteiger charge is 2.28. The van der Waals surface area contributed by atoms with E-state index in [2.05, 4.69) is 9.14 Å². The maximum atomic E-state index is 11.8. The number of hydrogen-bond donors (Lipinski definition) is 2. The lowest BCUT2D eigenvalue weighted by Crippen LogP contribution is -2.35. The number of furan rings is 1. The Bertz CT molecular complexity index is 741. The van der Waals surface area contributed by atoms with Crippen LogP contribution in [0.15, 0.2) is 33.1 Å². The zero-order valence-electron chi connectivity index (χ0n) is 9.31. The summed E-state index contributed by atoms with van der Waals surface area (Å²) in [5.74, 6) is -2.29. The van der Waals surface area contributed by atoms with Crippen LogP contribution in [0, 0.1) is 0 Å². The first-order chi connectivity index (χ1) is 8.70. The molecule has 2 rings (SSSR count). The Kier molecular flexibility index (Phi) is 3.24. The molecule has 0 radical (unpaired) electrons. The number of aromatic carboxylic acids is 1. The Hall–Kier alpha value is -1.65. The van der Waals surface area contributed by atoms with E-state index in [9.17, 15) is 21.6 Å². The summed E-state index contributed by atoms with van der Waals surface area (Å²) in [7, 11) is -7.49. The van der Waals surface area contributed by atoms with Crippen LogP contribution in [0.2, 0.25) is 0 Å². The third-order valence-electron chi connectivity index (χ3n) is 2.29. The van der Waals surface area contributed by atoms with E-state index in [0.717, 1.165) is 17.5 Å². The van der Waals surface area contributed by atoms with Gasteiger partial charge in [0.25, 0.3) is 10.0 Å². The number of rotatable bonds is 4. The fourth-order valence-corrected chi connectivity index (χ4v) is 3.95. The van der Waals surface area contributed by atoms with Crippen LogP contribution >= 0.6 is 0 Å². The molecule has 0 aromatic carbocycles. The third-order valence-corrected chi connectivity index (χ3v) is 5.05. The van der Waals surface area contributed by atoms with Crippen LogP contribution in [0.3, 0.4) is 0 Å². The highest BCUT2D eigenvalue weighted by molar-refractivity contribution is 7.94. The second kappa shape index (κ2) is 4.47. The summed E-state index contributed by atoms with van der Waals surface area (Å²) in [6.07, 6.45) is 1.20. The fraction of sp³-hybridized carbons (Fsp3) is 0.222. The van der Waals surface area contributed by atoms with Crippen LogP contribution < -0.4 is 4.72 Å². The highest BCUT2D eigenvalue weighted by Crippen LogP contribution is 2.16. The Morgan fingerprint density at radius 3 is 2.58 bits per heavy atom. The maximum Gasteiger partial charge on any atom is 0.371 e. The van der Waals surface area contributed by atoms with Crippen molar-refractivity contribution in [1.82, 2.24) is 4.72 Å². The number of nitrogens with one attached hydrogen (secondary N) is 1. The van der Waals surface area contributed by atoms with Gasteiger partial charge < -0.3 is 9.52 Å². The lowest BCUT2D eigenvalue weighted by molar-refractivity contribution is 0.0656. The Morgan fingerprint density at radius 1 is 1.42 bits per heavy atom. The molecule has 0 fully saturated rings. The van der Waals surface area contributed by atoms with E-state index >= 15 is 0 Å². The Balaban J connectivity index is 2.19. The van der Waals surface area contributed by atoms with Crippen molar-refractivity contribution < 1.29 is 31.2 Å². The molecule has 0 saturated heterocycles. The van der Waals surface area contributed by atoms with Gasteiger partial charge in [-0.3, -0.25) is 0 Å². The van der Waals surface area contributed by atoms with Gasteiger partial charge in [-0.15, -0.1) is 0 Å². The first-order valence-corrected chi connectivity index (χ1v) is 8.16. The van der Waals surface area contributed by atoms with Crippen LogP contribution in [-0.2, 0) is 19.9 Å². The zero-order chi connectivity index (χ0) is 14.3. The van der Waals surface area contributed by atoms with E-state index in [1.807, 2.05) is 0 Å². The first kappa shape index (κ1) is 13.8. The molecular formula is C9H9NO7S2. The lowest BCUT2D eigenvalue weighted by Gasteiger charge is -2.08. The summed E-state index contributed by atoms with van der Waals surface area (Å²) in [6, 6.07) is 1.09. The van der Waals surface area contributed by atoms with Gasteiger partial charge >= 0.3 is 5.97 Å². The molecule has 1 aliphatic heterocycles. The van der Waals surface area contributed by atoms with Crippen molar-refractivity contribution in [2.45, 2.75) is 11.1 Å². The van der Waals surface area contributed by atoms with E-state index in [-0.39, 0.29) is 5.75 Å². The molecule has 2 heterocycles. The number of carboxylic acids is 1. The van der Waals surface area contributed by atoms with E-state index in [1.54, 1.807) is 0 Å². The van der Waals surface area contributed by atoms with Gasteiger partial charge in [0, 0.05) is 5.41 Å². The molecule has 0 amide bonds. The molecule has 1 atom stereocenters. The number of sulfonamides is 1. The minimum atomic E-state index is -4.10. The predicted molar refractivity (Wildman–Crippen MR) is 62.7 cm³/mol. The summed E-state index contributed by atoms with van der Waals surface area (Å²) < 4.78 is 52.6. The third kappa shape index (κ3) is 3.03.